The summed E-state index contributed by atoms with van der Waals surface area (Å²) in [4.78, 5) is 17.0. The van der Waals surface area contributed by atoms with E-state index in [1.165, 1.54) is 11.1 Å². The maximum atomic E-state index is 12.2. The SMILES string of the molecule is CCc1ccc2c(CN3CCN(C)CC3c3ccccc3)cc(=O)oc2c1. The quantitative estimate of drug-likeness (QED) is 0.661. The zero-order valence-electron chi connectivity index (χ0n) is 16.0. The van der Waals surface area contributed by atoms with Crippen molar-refractivity contribution in [2.75, 3.05) is 26.7 Å². The molecular weight excluding hydrogens is 336 g/mol. The zero-order chi connectivity index (χ0) is 18.8. The second-order valence-corrected chi connectivity index (χ2v) is 7.43. The van der Waals surface area contributed by atoms with E-state index >= 15 is 0 Å². The minimum absolute atomic E-state index is 0.267. The molecule has 0 bridgehead atoms. The lowest BCUT2D eigenvalue weighted by Gasteiger charge is -2.40. The van der Waals surface area contributed by atoms with Crippen molar-refractivity contribution in [3.05, 3.63) is 81.7 Å². The average Bonchev–Trinajstić information content (AvgIpc) is 2.69. The summed E-state index contributed by atoms with van der Waals surface area (Å²) in [6, 6.07) is 18.9. The lowest BCUT2D eigenvalue weighted by atomic mass is 10.0. The van der Waals surface area contributed by atoms with Crippen molar-refractivity contribution in [1.82, 2.24) is 9.80 Å². The summed E-state index contributed by atoms with van der Waals surface area (Å²) < 4.78 is 5.48. The van der Waals surface area contributed by atoms with E-state index in [-0.39, 0.29) is 5.63 Å². The van der Waals surface area contributed by atoms with Crippen LogP contribution in [0.25, 0.3) is 11.0 Å². The van der Waals surface area contributed by atoms with Crippen molar-refractivity contribution in [1.29, 1.82) is 0 Å². The minimum atomic E-state index is -0.267. The van der Waals surface area contributed by atoms with Gasteiger partial charge < -0.3 is 9.32 Å². The Morgan fingerprint density at radius 3 is 2.67 bits per heavy atom. The molecule has 1 aromatic heterocycles. The number of nitrogens with zero attached hydrogens (tertiary/aromatic N) is 2. The number of likely N-dealkylation sites (N-methyl/N-ethyl adjacent to an activating group) is 1. The number of rotatable bonds is 4. The normalized spacial score (nSPS) is 18.8. The molecule has 1 atom stereocenters. The van der Waals surface area contributed by atoms with Crippen LogP contribution in [0.4, 0.5) is 0 Å². The van der Waals surface area contributed by atoms with Gasteiger partial charge in [0.15, 0.2) is 0 Å². The Kier molecular flexibility index (Phi) is 5.10. The minimum Gasteiger partial charge on any atom is -0.423 e. The van der Waals surface area contributed by atoms with Crippen LogP contribution in [0.15, 0.2) is 63.8 Å². The number of fused-ring (bicyclic) bond motifs is 1. The first-order chi connectivity index (χ1) is 13.1. The summed E-state index contributed by atoms with van der Waals surface area (Å²) in [5.41, 5.74) is 3.99. The predicted molar refractivity (Wildman–Crippen MR) is 109 cm³/mol. The molecule has 0 radical (unpaired) electrons. The van der Waals surface area contributed by atoms with Crippen molar-refractivity contribution in [2.24, 2.45) is 0 Å². The fraction of sp³-hybridized carbons (Fsp3) is 0.348. The van der Waals surface area contributed by atoms with Crippen LogP contribution in [0, 0.1) is 0 Å². The molecule has 1 unspecified atom stereocenters. The Morgan fingerprint density at radius 1 is 1.07 bits per heavy atom. The van der Waals surface area contributed by atoms with E-state index in [0.29, 0.717) is 11.6 Å². The zero-order valence-corrected chi connectivity index (χ0v) is 16.0. The van der Waals surface area contributed by atoms with Crippen molar-refractivity contribution in [3.63, 3.8) is 0 Å². The second-order valence-electron chi connectivity index (χ2n) is 7.43. The Morgan fingerprint density at radius 2 is 1.89 bits per heavy atom. The highest BCUT2D eigenvalue weighted by molar-refractivity contribution is 5.80. The van der Waals surface area contributed by atoms with Crippen molar-refractivity contribution >= 4 is 11.0 Å². The molecule has 0 aliphatic carbocycles. The van der Waals surface area contributed by atoms with Crippen LogP contribution in [-0.2, 0) is 13.0 Å². The highest BCUT2D eigenvalue weighted by Gasteiger charge is 2.27. The third-order valence-electron chi connectivity index (χ3n) is 5.55. The average molecular weight is 362 g/mol. The maximum absolute atomic E-state index is 12.2. The van der Waals surface area contributed by atoms with Gasteiger partial charge in [-0.05, 0) is 36.2 Å². The molecule has 140 valence electrons. The van der Waals surface area contributed by atoms with E-state index in [1.807, 2.05) is 6.07 Å². The van der Waals surface area contributed by atoms with Gasteiger partial charge in [-0.25, -0.2) is 4.79 Å². The van der Waals surface area contributed by atoms with Crippen LogP contribution in [0.5, 0.6) is 0 Å². The molecular formula is C23H26N2O2. The third-order valence-corrected chi connectivity index (χ3v) is 5.55. The maximum Gasteiger partial charge on any atom is 0.336 e. The summed E-state index contributed by atoms with van der Waals surface area (Å²) in [5.74, 6) is 0. The fourth-order valence-corrected chi connectivity index (χ4v) is 3.98. The molecule has 27 heavy (non-hydrogen) atoms. The molecule has 1 aliphatic rings. The molecule has 1 saturated heterocycles. The molecule has 0 saturated carbocycles. The summed E-state index contributed by atoms with van der Waals surface area (Å²) in [7, 11) is 2.17. The molecule has 4 rings (SSSR count). The number of aryl methyl sites for hydroxylation is 1. The van der Waals surface area contributed by atoms with E-state index in [1.54, 1.807) is 6.07 Å². The van der Waals surface area contributed by atoms with E-state index in [2.05, 4.69) is 66.2 Å². The van der Waals surface area contributed by atoms with Gasteiger partial charge in [0.05, 0.1) is 0 Å². The topological polar surface area (TPSA) is 36.7 Å². The number of piperazine rings is 1. The molecule has 4 heteroatoms. The van der Waals surface area contributed by atoms with Gasteiger partial charge in [0, 0.05) is 43.7 Å². The first-order valence-electron chi connectivity index (χ1n) is 9.67. The van der Waals surface area contributed by atoms with E-state index < -0.39 is 0 Å². The molecule has 1 fully saturated rings. The van der Waals surface area contributed by atoms with Gasteiger partial charge in [-0.1, -0.05) is 49.4 Å². The molecule has 0 N–H and O–H groups in total. The monoisotopic (exact) mass is 362 g/mol. The fourth-order valence-electron chi connectivity index (χ4n) is 3.98. The Bertz CT molecular complexity index is 981. The van der Waals surface area contributed by atoms with Crippen LogP contribution in [-0.4, -0.2) is 36.5 Å². The van der Waals surface area contributed by atoms with Gasteiger partial charge in [-0.3, -0.25) is 4.90 Å². The van der Waals surface area contributed by atoms with Gasteiger partial charge in [-0.2, -0.15) is 0 Å². The van der Waals surface area contributed by atoms with Crippen LogP contribution >= 0.6 is 0 Å². The van der Waals surface area contributed by atoms with Gasteiger partial charge in [0.25, 0.3) is 0 Å². The smallest absolute Gasteiger partial charge is 0.336 e. The standard InChI is InChI=1S/C23H26N2O2/c1-3-17-9-10-20-19(14-23(26)27-22(20)13-17)15-25-12-11-24(2)16-21(25)18-7-5-4-6-8-18/h4-10,13-14,21H,3,11-12,15-16H2,1-2H3. The van der Waals surface area contributed by atoms with Crippen LogP contribution < -0.4 is 5.63 Å². The van der Waals surface area contributed by atoms with Crippen LogP contribution in [0.2, 0.25) is 0 Å². The summed E-state index contributed by atoms with van der Waals surface area (Å²) in [6.07, 6.45) is 0.929. The van der Waals surface area contributed by atoms with Gasteiger partial charge in [-0.15, -0.1) is 0 Å². The Labute approximate surface area is 160 Å². The van der Waals surface area contributed by atoms with Crippen LogP contribution in [0.1, 0.15) is 29.7 Å². The van der Waals surface area contributed by atoms with Crippen LogP contribution in [0.3, 0.4) is 0 Å². The lowest BCUT2D eigenvalue weighted by molar-refractivity contribution is 0.0836. The summed E-state index contributed by atoms with van der Waals surface area (Å²) in [6.45, 7) is 5.86. The van der Waals surface area contributed by atoms with E-state index in [0.717, 1.165) is 43.5 Å². The van der Waals surface area contributed by atoms with Gasteiger partial charge in [0.1, 0.15) is 5.58 Å². The van der Waals surface area contributed by atoms with Crippen molar-refractivity contribution in [3.8, 4) is 0 Å². The third kappa shape index (κ3) is 3.82. The molecule has 3 aromatic rings. The summed E-state index contributed by atoms with van der Waals surface area (Å²) >= 11 is 0. The summed E-state index contributed by atoms with van der Waals surface area (Å²) in [5, 5.41) is 1.04. The first-order valence-corrected chi connectivity index (χ1v) is 9.67. The Hall–Kier alpha value is -2.43. The van der Waals surface area contributed by atoms with E-state index in [4.69, 9.17) is 4.42 Å². The highest BCUT2D eigenvalue weighted by atomic mass is 16.4. The predicted octanol–water partition coefficient (Wildman–Crippen LogP) is 3.84. The van der Waals surface area contributed by atoms with Gasteiger partial charge >= 0.3 is 5.63 Å². The lowest BCUT2D eigenvalue weighted by Crippen LogP contribution is -2.46. The molecule has 1 aliphatic heterocycles. The molecule has 4 nitrogen and oxygen atoms in total. The largest absolute Gasteiger partial charge is 0.423 e. The molecule has 0 spiro atoms. The first kappa shape index (κ1) is 18.0. The second kappa shape index (κ2) is 7.67. The number of benzene rings is 2. The molecule has 0 amide bonds. The highest BCUT2D eigenvalue weighted by Crippen LogP contribution is 2.28. The Balaban J connectivity index is 1.70. The van der Waals surface area contributed by atoms with E-state index in [9.17, 15) is 4.79 Å². The molecule has 2 heterocycles. The van der Waals surface area contributed by atoms with Crippen molar-refractivity contribution in [2.45, 2.75) is 25.9 Å². The molecule has 2 aromatic carbocycles. The number of hydrogen-bond donors (Lipinski definition) is 0. The van der Waals surface area contributed by atoms with Crippen molar-refractivity contribution < 1.29 is 4.42 Å². The van der Waals surface area contributed by atoms with Gasteiger partial charge in [0.2, 0.25) is 0 Å². The number of hydrogen-bond acceptors (Lipinski definition) is 4.